The molecule has 3 nitrogen and oxygen atoms in total. The summed E-state index contributed by atoms with van der Waals surface area (Å²) in [5.41, 5.74) is 7.64. The molecule has 0 atom stereocenters. The monoisotopic (exact) mass is 178 g/mol. The molecular formula is C10H14N2O. The number of nitrogens with two attached hydrogens (primary N) is 1. The molecule has 13 heavy (non-hydrogen) atoms. The predicted molar refractivity (Wildman–Crippen MR) is 51.6 cm³/mol. The van der Waals surface area contributed by atoms with Crippen molar-refractivity contribution in [3.05, 3.63) is 29.1 Å². The molecule has 70 valence electrons. The summed E-state index contributed by atoms with van der Waals surface area (Å²) < 4.78 is 0. The highest BCUT2D eigenvalue weighted by Gasteiger charge is 2.07. The van der Waals surface area contributed by atoms with Gasteiger partial charge < -0.3 is 5.73 Å². The summed E-state index contributed by atoms with van der Waals surface area (Å²) in [6.07, 6.45) is 1.53. The summed E-state index contributed by atoms with van der Waals surface area (Å²) in [5, 5.41) is 0. The summed E-state index contributed by atoms with van der Waals surface area (Å²) >= 11 is 0. The second-order valence-corrected chi connectivity index (χ2v) is 3.45. The predicted octanol–water partition coefficient (Wildman–Crippen LogP) is 1.61. The van der Waals surface area contributed by atoms with Gasteiger partial charge in [-0.15, -0.1) is 0 Å². The molecule has 1 amide bonds. The van der Waals surface area contributed by atoms with Crippen molar-refractivity contribution in [2.75, 3.05) is 0 Å². The maximum absolute atomic E-state index is 10.8. The lowest BCUT2D eigenvalue weighted by atomic mass is 10.0. The maximum Gasteiger partial charge on any atom is 0.250 e. The van der Waals surface area contributed by atoms with Crippen LogP contribution in [0.15, 0.2) is 12.3 Å². The molecule has 3 heteroatoms. The van der Waals surface area contributed by atoms with Gasteiger partial charge in [0.05, 0.1) is 5.56 Å². The van der Waals surface area contributed by atoms with Crippen molar-refractivity contribution in [1.29, 1.82) is 0 Å². The van der Waals surface area contributed by atoms with Crippen molar-refractivity contribution < 1.29 is 4.79 Å². The molecule has 0 saturated carbocycles. The zero-order chi connectivity index (χ0) is 10.0. The molecule has 2 N–H and O–H groups in total. The number of aryl methyl sites for hydroxylation is 1. The van der Waals surface area contributed by atoms with Gasteiger partial charge in [-0.05, 0) is 24.5 Å². The minimum atomic E-state index is -0.425. The molecule has 1 heterocycles. The first-order valence-corrected chi connectivity index (χ1v) is 4.28. The van der Waals surface area contributed by atoms with Gasteiger partial charge in [0.25, 0.3) is 0 Å². The van der Waals surface area contributed by atoms with Crippen LogP contribution in [0.5, 0.6) is 0 Å². The Labute approximate surface area is 78.0 Å². The highest BCUT2D eigenvalue weighted by atomic mass is 16.1. The number of hydrogen-bond acceptors (Lipinski definition) is 2. The minimum Gasteiger partial charge on any atom is -0.366 e. The van der Waals surface area contributed by atoms with E-state index >= 15 is 0 Å². The lowest BCUT2D eigenvalue weighted by Crippen LogP contribution is -2.12. The van der Waals surface area contributed by atoms with Crippen LogP contribution in [0.3, 0.4) is 0 Å². The molecule has 0 aliphatic heterocycles. The van der Waals surface area contributed by atoms with Gasteiger partial charge in [-0.1, -0.05) is 13.8 Å². The van der Waals surface area contributed by atoms with Crippen molar-refractivity contribution in [3.8, 4) is 0 Å². The number of aromatic nitrogens is 1. The van der Waals surface area contributed by atoms with Crippen LogP contribution in [0.4, 0.5) is 0 Å². The van der Waals surface area contributed by atoms with Crippen LogP contribution in [-0.4, -0.2) is 10.9 Å². The summed E-state index contributed by atoms with van der Waals surface area (Å²) in [7, 11) is 0. The van der Waals surface area contributed by atoms with Gasteiger partial charge in [-0.3, -0.25) is 9.78 Å². The molecule has 0 aliphatic rings. The van der Waals surface area contributed by atoms with E-state index in [9.17, 15) is 4.79 Å². The Morgan fingerprint density at radius 2 is 2.15 bits per heavy atom. The van der Waals surface area contributed by atoms with Gasteiger partial charge in [0.15, 0.2) is 0 Å². The fraction of sp³-hybridized carbons (Fsp3) is 0.400. The van der Waals surface area contributed by atoms with Crippen LogP contribution in [0.2, 0.25) is 0 Å². The Morgan fingerprint density at radius 1 is 1.54 bits per heavy atom. The van der Waals surface area contributed by atoms with Crippen molar-refractivity contribution >= 4 is 5.91 Å². The van der Waals surface area contributed by atoms with E-state index < -0.39 is 5.91 Å². The second-order valence-electron chi connectivity index (χ2n) is 3.45. The number of nitrogens with zero attached hydrogens (tertiary/aromatic N) is 1. The number of carbonyl (C=O) groups excluding carboxylic acids is 1. The highest BCUT2D eigenvalue weighted by molar-refractivity contribution is 5.92. The van der Waals surface area contributed by atoms with Crippen LogP contribution in [0, 0.1) is 6.92 Å². The number of carbonyl (C=O) groups is 1. The van der Waals surface area contributed by atoms with Crippen molar-refractivity contribution in [2.24, 2.45) is 5.73 Å². The first-order valence-electron chi connectivity index (χ1n) is 4.28. The fourth-order valence-corrected chi connectivity index (χ4v) is 1.32. The van der Waals surface area contributed by atoms with Gasteiger partial charge in [-0.2, -0.15) is 0 Å². The lowest BCUT2D eigenvalue weighted by Gasteiger charge is -2.08. The molecule has 0 fully saturated rings. The van der Waals surface area contributed by atoms with Gasteiger partial charge in [0.1, 0.15) is 0 Å². The summed E-state index contributed by atoms with van der Waals surface area (Å²) in [6.45, 7) is 6.08. The van der Waals surface area contributed by atoms with Crippen molar-refractivity contribution in [2.45, 2.75) is 26.7 Å². The van der Waals surface area contributed by atoms with E-state index in [1.165, 1.54) is 6.20 Å². The molecule has 0 aliphatic carbocycles. The second kappa shape index (κ2) is 3.56. The molecule has 0 aromatic carbocycles. The normalized spacial score (nSPS) is 10.5. The van der Waals surface area contributed by atoms with Crippen LogP contribution in [0.1, 0.15) is 41.4 Å². The molecule has 1 aromatic rings. The first kappa shape index (κ1) is 9.71. The molecule has 0 spiro atoms. The van der Waals surface area contributed by atoms with Gasteiger partial charge >= 0.3 is 0 Å². The zero-order valence-electron chi connectivity index (χ0n) is 8.16. The number of rotatable bonds is 2. The number of pyridine rings is 1. The van der Waals surface area contributed by atoms with Gasteiger partial charge in [0.2, 0.25) is 5.91 Å². The fourth-order valence-electron chi connectivity index (χ4n) is 1.32. The third-order valence-corrected chi connectivity index (χ3v) is 1.95. The van der Waals surface area contributed by atoms with E-state index in [0.29, 0.717) is 11.5 Å². The third-order valence-electron chi connectivity index (χ3n) is 1.95. The quantitative estimate of drug-likeness (QED) is 0.748. The van der Waals surface area contributed by atoms with Crippen molar-refractivity contribution in [3.63, 3.8) is 0 Å². The Balaban J connectivity index is 3.13. The Bertz CT molecular complexity index is 332. The van der Waals surface area contributed by atoms with Gasteiger partial charge in [-0.25, -0.2) is 0 Å². The maximum atomic E-state index is 10.8. The van der Waals surface area contributed by atoms with Crippen LogP contribution < -0.4 is 5.73 Å². The summed E-state index contributed by atoms with van der Waals surface area (Å²) in [5.74, 6) is -0.0483. The van der Waals surface area contributed by atoms with E-state index in [2.05, 4.69) is 18.8 Å². The van der Waals surface area contributed by atoms with E-state index in [1.54, 1.807) is 6.07 Å². The third kappa shape index (κ3) is 2.05. The molecule has 0 saturated heterocycles. The average molecular weight is 178 g/mol. The van der Waals surface area contributed by atoms with Crippen molar-refractivity contribution in [1.82, 2.24) is 4.98 Å². The molecule has 0 bridgehead atoms. The van der Waals surface area contributed by atoms with Crippen LogP contribution in [-0.2, 0) is 0 Å². The van der Waals surface area contributed by atoms with E-state index in [1.807, 2.05) is 6.92 Å². The molecular weight excluding hydrogens is 164 g/mol. The SMILES string of the molecule is Cc1cc(C(N)=O)cnc1C(C)C. The molecule has 0 radical (unpaired) electrons. The number of primary amides is 1. The smallest absolute Gasteiger partial charge is 0.250 e. The summed E-state index contributed by atoms with van der Waals surface area (Å²) in [6, 6.07) is 1.78. The molecule has 1 rings (SSSR count). The molecule has 1 aromatic heterocycles. The largest absolute Gasteiger partial charge is 0.366 e. The highest BCUT2D eigenvalue weighted by Crippen LogP contribution is 2.16. The lowest BCUT2D eigenvalue weighted by molar-refractivity contribution is 0.1000. The number of amides is 1. The average Bonchev–Trinajstić information content (AvgIpc) is 2.03. The Kier molecular flexibility index (Phi) is 2.66. The van der Waals surface area contributed by atoms with Crippen LogP contribution in [0.25, 0.3) is 0 Å². The van der Waals surface area contributed by atoms with E-state index in [0.717, 1.165) is 11.3 Å². The Hall–Kier alpha value is -1.38. The minimum absolute atomic E-state index is 0.377. The van der Waals surface area contributed by atoms with E-state index in [-0.39, 0.29) is 0 Å². The zero-order valence-corrected chi connectivity index (χ0v) is 8.16. The molecule has 0 unspecified atom stereocenters. The van der Waals surface area contributed by atoms with E-state index in [4.69, 9.17) is 5.73 Å². The first-order chi connectivity index (χ1) is 6.02. The van der Waals surface area contributed by atoms with Gasteiger partial charge in [0, 0.05) is 11.9 Å². The Morgan fingerprint density at radius 3 is 2.54 bits per heavy atom. The summed E-state index contributed by atoms with van der Waals surface area (Å²) in [4.78, 5) is 15.0. The number of hydrogen-bond donors (Lipinski definition) is 1. The topological polar surface area (TPSA) is 56.0 Å². The van der Waals surface area contributed by atoms with Crippen LogP contribution >= 0.6 is 0 Å². The standard InChI is InChI=1S/C10H14N2O/c1-6(2)9-7(3)4-8(5-12-9)10(11)13/h4-6H,1-3H3,(H2,11,13).